The van der Waals surface area contributed by atoms with Gasteiger partial charge in [0.25, 0.3) is 0 Å². The minimum atomic E-state index is -4.39. The molecule has 2 unspecified atom stereocenters. The Balaban J connectivity index is 4.54. The summed E-state index contributed by atoms with van der Waals surface area (Å²) in [6, 6.07) is 0. The summed E-state index contributed by atoms with van der Waals surface area (Å²) >= 11 is 0. The van der Waals surface area contributed by atoms with Crippen LogP contribution in [-0.4, -0.2) is 61.9 Å². The zero-order valence-electron chi connectivity index (χ0n) is 23.5. The number of unbranched alkanes of at least 4 members (excludes halogenated alkanes) is 12. The van der Waals surface area contributed by atoms with Gasteiger partial charge < -0.3 is 9.47 Å². The molecule has 0 aliphatic heterocycles. The van der Waals surface area contributed by atoms with Crippen molar-refractivity contribution in [2.24, 2.45) is 0 Å². The number of quaternary nitrogens is 1. The van der Waals surface area contributed by atoms with Gasteiger partial charge in [0.1, 0.15) is 6.61 Å². The molecule has 0 heterocycles. The van der Waals surface area contributed by atoms with E-state index in [4.69, 9.17) is 18.6 Å². The lowest BCUT2D eigenvalue weighted by molar-refractivity contribution is -1.04. The largest absolute Gasteiger partial charge is 0.518 e. The first-order valence-corrected chi connectivity index (χ1v) is 15.3. The lowest BCUT2D eigenvalue weighted by atomic mass is 10.1. The molecular formula is C26H53NO8P+. The quantitative estimate of drug-likeness (QED) is 0.0489. The van der Waals surface area contributed by atoms with Gasteiger partial charge in [-0.1, -0.05) is 95.5 Å². The topological polar surface area (TPSA) is 108 Å². The standard InChI is InChI=1S/C26H52NO8P/c1-6-8-10-12-14-16-18-20-25(28)32-22-24(23-33-36(30,31)35-27(3,4)5)34-26(29)21-19-17-15-13-11-9-7-2/h24H,6-23H2,1-5H3/p+1. The molecule has 0 aliphatic rings. The second-order valence-electron chi connectivity index (χ2n) is 10.3. The van der Waals surface area contributed by atoms with Crippen molar-refractivity contribution in [1.29, 1.82) is 0 Å². The molecule has 0 spiro atoms. The number of nitrogens with zero attached hydrogens (tertiary/aromatic N) is 1. The molecule has 0 aromatic rings. The second kappa shape index (κ2) is 21.0. The summed E-state index contributed by atoms with van der Waals surface area (Å²) in [5.41, 5.74) is 0. The predicted molar refractivity (Wildman–Crippen MR) is 141 cm³/mol. The fourth-order valence-electron chi connectivity index (χ4n) is 3.58. The first kappa shape index (κ1) is 35.0. The number of phosphoric ester groups is 1. The normalized spacial score (nSPS) is 14.3. The van der Waals surface area contributed by atoms with E-state index in [1.165, 1.54) is 44.9 Å². The summed E-state index contributed by atoms with van der Waals surface area (Å²) in [7, 11) is 0.309. The average Bonchev–Trinajstić information content (AvgIpc) is 2.78. The molecule has 0 fully saturated rings. The van der Waals surface area contributed by atoms with Gasteiger partial charge in [-0.05, 0) is 12.8 Å². The van der Waals surface area contributed by atoms with E-state index in [2.05, 4.69) is 13.8 Å². The van der Waals surface area contributed by atoms with E-state index in [0.717, 1.165) is 38.5 Å². The molecule has 0 bridgehead atoms. The molecule has 0 aromatic carbocycles. The Kier molecular flexibility index (Phi) is 20.4. The van der Waals surface area contributed by atoms with Crippen LogP contribution in [0.25, 0.3) is 0 Å². The molecule has 214 valence electrons. The zero-order valence-corrected chi connectivity index (χ0v) is 24.4. The summed E-state index contributed by atoms with van der Waals surface area (Å²) < 4.78 is 32.7. The van der Waals surface area contributed by atoms with Gasteiger partial charge >= 0.3 is 19.8 Å². The van der Waals surface area contributed by atoms with Crippen LogP contribution >= 0.6 is 7.82 Å². The van der Waals surface area contributed by atoms with Crippen molar-refractivity contribution in [3.05, 3.63) is 0 Å². The molecule has 0 rings (SSSR count). The molecule has 0 saturated carbocycles. The fourth-order valence-corrected chi connectivity index (χ4v) is 4.60. The minimum Gasteiger partial charge on any atom is -0.462 e. The van der Waals surface area contributed by atoms with E-state index in [1.54, 1.807) is 21.1 Å². The minimum absolute atomic E-state index is 0.234. The highest BCUT2D eigenvalue weighted by atomic mass is 31.2. The lowest BCUT2D eigenvalue weighted by Gasteiger charge is -2.24. The molecule has 2 atom stereocenters. The molecule has 9 nitrogen and oxygen atoms in total. The van der Waals surface area contributed by atoms with E-state index >= 15 is 0 Å². The van der Waals surface area contributed by atoms with Crippen molar-refractivity contribution in [2.75, 3.05) is 34.4 Å². The molecule has 1 N–H and O–H groups in total. The van der Waals surface area contributed by atoms with E-state index in [1.807, 2.05) is 0 Å². The third kappa shape index (κ3) is 23.4. The Hall–Kier alpha value is -0.990. The number of phosphoric acid groups is 1. The Morgan fingerprint density at radius 3 is 1.64 bits per heavy atom. The van der Waals surface area contributed by atoms with Crippen LogP contribution in [0.1, 0.15) is 117 Å². The highest BCUT2D eigenvalue weighted by molar-refractivity contribution is 7.47. The molecule has 10 heteroatoms. The highest BCUT2D eigenvalue weighted by Crippen LogP contribution is 2.45. The lowest BCUT2D eigenvalue weighted by Crippen LogP contribution is -2.34. The fraction of sp³-hybridized carbons (Fsp3) is 0.923. The summed E-state index contributed by atoms with van der Waals surface area (Å²) in [4.78, 5) is 34.4. The van der Waals surface area contributed by atoms with Crippen molar-refractivity contribution in [3.8, 4) is 0 Å². The van der Waals surface area contributed by atoms with E-state index in [-0.39, 0.29) is 30.1 Å². The number of ether oxygens (including phenoxy) is 2. The van der Waals surface area contributed by atoms with Crippen LogP contribution in [0.4, 0.5) is 0 Å². The SMILES string of the molecule is CCCCCCCCCC(=O)OCC(COP(=O)(O)O[N+](C)(C)C)OC(=O)CCCCCCCCC. The number of esters is 2. The maximum Gasteiger partial charge on any atom is 0.518 e. The molecule has 0 radical (unpaired) electrons. The van der Waals surface area contributed by atoms with E-state index in [9.17, 15) is 19.0 Å². The number of carbonyl (C=O) groups excluding carboxylic acids is 2. The molecule has 0 aromatic heterocycles. The summed E-state index contributed by atoms with van der Waals surface area (Å²) in [5, 5.41) is 0. The van der Waals surface area contributed by atoms with Crippen molar-refractivity contribution in [1.82, 2.24) is 0 Å². The molecule has 0 amide bonds. The number of hydrogen-bond donors (Lipinski definition) is 1. The number of hydrogen-bond acceptors (Lipinski definition) is 7. The molecule has 0 aliphatic carbocycles. The Morgan fingerprint density at radius 2 is 1.17 bits per heavy atom. The molecule has 0 saturated heterocycles. The number of rotatable bonds is 24. The Labute approximate surface area is 219 Å². The van der Waals surface area contributed by atoms with Crippen LogP contribution in [0.15, 0.2) is 0 Å². The maximum absolute atomic E-state index is 12.3. The third-order valence-corrected chi connectivity index (χ3v) is 6.64. The van der Waals surface area contributed by atoms with Gasteiger partial charge in [0.15, 0.2) is 6.10 Å². The second-order valence-corrected chi connectivity index (χ2v) is 11.6. The molecule has 36 heavy (non-hydrogen) atoms. The zero-order chi connectivity index (χ0) is 27.3. The van der Waals surface area contributed by atoms with Gasteiger partial charge in [-0.2, -0.15) is 4.65 Å². The van der Waals surface area contributed by atoms with Crippen molar-refractivity contribution in [3.63, 3.8) is 0 Å². The first-order chi connectivity index (χ1) is 17.0. The summed E-state index contributed by atoms with van der Waals surface area (Å²) in [6.45, 7) is 3.70. The Morgan fingerprint density at radius 1 is 0.722 bits per heavy atom. The predicted octanol–water partition coefficient (Wildman–Crippen LogP) is 6.48. The Bertz CT molecular complexity index is 624. The van der Waals surface area contributed by atoms with Crippen molar-refractivity contribution >= 4 is 19.8 Å². The summed E-state index contributed by atoms with van der Waals surface area (Å²) in [5.74, 6) is -0.827. The monoisotopic (exact) mass is 538 g/mol. The van der Waals surface area contributed by atoms with Gasteiger partial charge in [-0.25, -0.2) is 4.57 Å². The van der Waals surface area contributed by atoms with E-state index < -0.39 is 26.5 Å². The third-order valence-electron chi connectivity index (χ3n) is 5.47. The maximum atomic E-state index is 12.3. The van der Waals surface area contributed by atoms with Crippen LogP contribution in [0.3, 0.4) is 0 Å². The van der Waals surface area contributed by atoms with Gasteiger partial charge in [0.2, 0.25) is 0 Å². The number of carbonyl (C=O) groups is 2. The average molecular weight is 539 g/mol. The highest BCUT2D eigenvalue weighted by Gasteiger charge is 2.32. The molecular weight excluding hydrogens is 485 g/mol. The van der Waals surface area contributed by atoms with Gasteiger partial charge in [0.05, 0.1) is 27.7 Å². The van der Waals surface area contributed by atoms with Crippen LogP contribution in [0, 0.1) is 0 Å². The van der Waals surface area contributed by atoms with E-state index in [0.29, 0.717) is 6.42 Å². The van der Waals surface area contributed by atoms with Crippen molar-refractivity contribution in [2.45, 2.75) is 123 Å². The smallest absolute Gasteiger partial charge is 0.462 e. The number of hydroxylamine groups is 3. The summed E-state index contributed by atoms with van der Waals surface area (Å²) in [6.07, 6.45) is 14.7. The van der Waals surface area contributed by atoms with Gasteiger partial charge in [-0.15, -0.1) is 0 Å². The van der Waals surface area contributed by atoms with Crippen LogP contribution in [-0.2, 0) is 32.8 Å². The van der Waals surface area contributed by atoms with Crippen LogP contribution < -0.4 is 0 Å². The van der Waals surface area contributed by atoms with Crippen LogP contribution in [0.2, 0.25) is 0 Å². The first-order valence-electron chi connectivity index (χ1n) is 13.8. The van der Waals surface area contributed by atoms with Crippen molar-refractivity contribution < 1.29 is 42.3 Å². The van der Waals surface area contributed by atoms with Gasteiger partial charge in [-0.3, -0.25) is 19.0 Å². The van der Waals surface area contributed by atoms with Gasteiger partial charge in [0, 0.05) is 12.8 Å². The van der Waals surface area contributed by atoms with Crippen LogP contribution in [0.5, 0.6) is 0 Å².